The van der Waals surface area contributed by atoms with Crippen LogP contribution in [0.1, 0.15) is 26.7 Å². The van der Waals surface area contributed by atoms with Gasteiger partial charge in [0.15, 0.2) is 0 Å². The number of carbonyl (C=O) groups is 3. The Kier molecular flexibility index (Phi) is 13.1. The maximum Gasteiger partial charge on any atom is 1.00 e. The van der Waals surface area contributed by atoms with E-state index < -0.39 is 23.8 Å². The molecule has 6 nitrogen and oxygen atoms in total. The molecule has 21 heavy (non-hydrogen) atoms. The Hall–Kier alpha value is -0.474. The van der Waals surface area contributed by atoms with Gasteiger partial charge in [0.1, 0.15) is 0 Å². The van der Waals surface area contributed by atoms with Gasteiger partial charge in [-0.25, -0.2) is 9.59 Å². The number of carbonyl (C=O) groups excluding carboxylic acids is 3. The summed E-state index contributed by atoms with van der Waals surface area (Å²) < 4.78 is 9.60. The Morgan fingerprint density at radius 2 is 1.29 bits per heavy atom. The van der Waals surface area contributed by atoms with Crippen molar-refractivity contribution in [2.45, 2.75) is 26.7 Å². The first-order valence-electron chi connectivity index (χ1n) is 6.11. The van der Waals surface area contributed by atoms with Crippen molar-refractivity contribution in [3.05, 3.63) is 24.3 Å². The maximum atomic E-state index is 11.1. The van der Waals surface area contributed by atoms with Crippen LogP contribution in [0, 0.1) is 5.92 Å². The number of hydrogen-bond acceptors (Lipinski definition) is 6. The summed E-state index contributed by atoms with van der Waals surface area (Å²) in [5.41, 5.74) is 0.482. The van der Waals surface area contributed by atoms with E-state index in [2.05, 4.69) is 13.2 Å². The zero-order chi connectivity index (χ0) is 15.7. The molecule has 0 aliphatic carbocycles. The number of ether oxygens (including phenoxy) is 2. The predicted octanol–water partition coefficient (Wildman–Crippen LogP) is -2.62. The monoisotopic (exact) mass is 322 g/mol. The average Bonchev–Trinajstić information content (AvgIpc) is 2.35. The number of carboxylic acids is 1. The van der Waals surface area contributed by atoms with E-state index in [4.69, 9.17) is 9.47 Å². The zero-order valence-electron chi connectivity index (χ0n) is 12.8. The van der Waals surface area contributed by atoms with Crippen LogP contribution >= 0.6 is 0 Å². The molecule has 0 aliphatic heterocycles. The first-order chi connectivity index (χ1) is 9.25. The van der Waals surface area contributed by atoms with Crippen LogP contribution in [0.5, 0.6) is 0 Å². The quantitative estimate of drug-likeness (QED) is 0.262. The van der Waals surface area contributed by atoms with Crippen molar-refractivity contribution in [1.82, 2.24) is 0 Å². The summed E-state index contributed by atoms with van der Waals surface area (Å²) >= 11 is 0. The Bertz CT molecular complexity index is 384. The molecular weight excluding hydrogens is 303 g/mol. The molecule has 0 heterocycles. The van der Waals surface area contributed by atoms with Crippen molar-refractivity contribution in [3.63, 3.8) is 0 Å². The second-order valence-electron chi connectivity index (χ2n) is 4.43. The molecule has 0 bridgehead atoms. The second kappa shape index (κ2) is 12.1. The summed E-state index contributed by atoms with van der Waals surface area (Å²) in [4.78, 5) is 33.1. The van der Waals surface area contributed by atoms with Gasteiger partial charge in [-0.1, -0.05) is 13.2 Å². The van der Waals surface area contributed by atoms with E-state index in [-0.39, 0.29) is 88.6 Å². The number of esters is 2. The van der Waals surface area contributed by atoms with E-state index >= 15 is 0 Å². The van der Waals surface area contributed by atoms with Crippen molar-refractivity contribution in [3.8, 4) is 0 Å². The summed E-state index contributed by atoms with van der Waals surface area (Å²) in [6.45, 7) is 9.69. The van der Waals surface area contributed by atoms with Crippen molar-refractivity contribution in [2.75, 3.05) is 13.2 Å². The molecule has 0 saturated heterocycles. The van der Waals surface area contributed by atoms with Crippen molar-refractivity contribution < 1.29 is 80.3 Å². The van der Waals surface area contributed by atoms with E-state index in [1.165, 1.54) is 13.8 Å². The Labute approximate surface area is 167 Å². The molecule has 0 atom stereocenters. The van der Waals surface area contributed by atoms with Crippen LogP contribution in [0.2, 0.25) is 0 Å². The Balaban J connectivity index is 0. The number of aliphatic carboxylic acids is 1. The van der Waals surface area contributed by atoms with E-state index in [1.807, 2.05) is 0 Å². The standard InChI is InChI=1S/C14H20O6.K/c1-9(2)13(17)19-7-5-11(12(15)16)6-8-20-14(18)10(3)4;/h11H,1,3,5-8H2,2,4H3,(H,15,16);/q;+1/p-1. The number of hydrogen-bond donors (Lipinski definition) is 0. The van der Waals surface area contributed by atoms with Crippen LogP contribution in [-0.2, 0) is 23.9 Å². The van der Waals surface area contributed by atoms with Crippen molar-refractivity contribution in [1.29, 1.82) is 0 Å². The molecule has 0 aromatic rings. The summed E-state index contributed by atoms with van der Waals surface area (Å²) in [6.07, 6.45) is 0.179. The van der Waals surface area contributed by atoms with Gasteiger partial charge in [0, 0.05) is 23.0 Å². The van der Waals surface area contributed by atoms with Gasteiger partial charge in [0.05, 0.1) is 13.2 Å². The van der Waals surface area contributed by atoms with Crippen LogP contribution in [0.4, 0.5) is 0 Å². The smallest absolute Gasteiger partial charge is 0.550 e. The third-order valence-corrected chi connectivity index (χ3v) is 2.43. The van der Waals surface area contributed by atoms with E-state index in [9.17, 15) is 19.5 Å². The van der Waals surface area contributed by atoms with Crippen LogP contribution in [0.25, 0.3) is 0 Å². The third kappa shape index (κ3) is 10.8. The van der Waals surface area contributed by atoms with Gasteiger partial charge in [-0.3, -0.25) is 0 Å². The van der Waals surface area contributed by atoms with Gasteiger partial charge >= 0.3 is 63.3 Å². The van der Waals surface area contributed by atoms with Crippen molar-refractivity contribution >= 4 is 17.9 Å². The summed E-state index contributed by atoms with van der Waals surface area (Å²) in [6, 6.07) is 0. The van der Waals surface area contributed by atoms with E-state index in [0.717, 1.165) is 0 Å². The van der Waals surface area contributed by atoms with Gasteiger partial charge in [0.25, 0.3) is 0 Å². The number of rotatable bonds is 9. The second-order valence-corrected chi connectivity index (χ2v) is 4.43. The fourth-order valence-corrected chi connectivity index (χ4v) is 1.21. The minimum Gasteiger partial charge on any atom is -0.550 e. The van der Waals surface area contributed by atoms with Gasteiger partial charge in [-0.05, 0) is 26.7 Å². The van der Waals surface area contributed by atoms with E-state index in [1.54, 1.807) is 0 Å². The van der Waals surface area contributed by atoms with Crippen molar-refractivity contribution in [2.24, 2.45) is 5.92 Å². The van der Waals surface area contributed by atoms with Crippen LogP contribution in [0.15, 0.2) is 24.3 Å². The minimum atomic E-state index is -1.28. The molecule has 0 fully saturated rings. The Morgan fingerprint density at radius 3 is 1.52 bits per heavy atom. The molecular formula is C14H19KO6. The van der Waals surface area contributed by atoms with Crippen LogP contribution in [0.3, 0.4) is 0 Å². The number of carboxylic acid groups (broad SMARTS) is 1. The largest absolute Gasteiger partial charge is 1.00 e. The van der Waals surface area contributed by atoms with Gasteiger partial charge in [0.2, 0.25) is 0 Å². The van der Waals surface area contributed by atoms with Gasteiger partial charge in [-0.15, -0.1) is 0 Å². The van der Waals surface area contributed by atoms with Crippen LogP contribution < -0.4 is 56.5 Å². The first kappa shape index (κ1) is 22.8. The van der Waals surface area contributed by atoms with E-state index in [0.29, 0.717) is 0 Å². The maximum absolute atomic E-state index is 11.1. The molecule has 0 aliphatic rings. The first-order valence-corrected chi connectivity index (χ1v) is 6.11. The topological polar surface area (TPSA) is 92.7 Å². The molecule has 0 saturated carbocycles. The molecule has 0 radical (unpaired) electrons. The molecule has 0 unspecified atom stereocenters. The summed E-state index contributed by atoms with van der Waals surface area (Å²) in [7, 11) is 0. The SMILES string of the molecule is C=C(C)C(=O)OCCC(CCOC(=O)C(=C)C)C(=O)[O-].[K+]. The molecule has 7 heteroatoms. The fraction of sp³-hybridized carbons (Fsp3) is 0.500. The third-order valence-electron chi connectivity index (χ3n) is 2.43. The van der Waals surface area contributed by atoms with Gasteiger partial charge < -0.3 is 19.4 Å². The predicted molar refractivity (Wildman–Crippen MR) is 69.3 cm³/mol. The summed E-state index contributed by atoms with van der Waals surface area (Å²) in [5, 5.41) is 10.9. The van der Waals surface area contributed by atoms with Crippen LogP contribution in [-0.4, -0.2) is 31.1 Å². The summed E-state index contributed by atoms with van der Waals surface area (Å²) in [5.74, 6) is -3.28. The fourth-order valence-electron chi connectivity index (χ4n) is 1.21. The molecule has 0 N–H and O–H groups in total. The minimum absolute atomic E-state index is 0. The molecule has 0 amide bonds. The van der Waals surface area contributed by atoms with Gasteiger partial charge in [-0.2, -0.15) is 0 Å². The molecule has 0 aromatic heterocycles. The molecule has 0 aromatic carbocycles. The molecule has 0 spiro atoms. The molecule has 0 rings (SSSR count). The Morgan fingerprint density at radius 1 is 0.952 bits per heavy atom. The normalized spacial score (nSPS) is 9.48. The molecule has 112 valence electrons. The zero-order valence-corrected chi connectivity index (χ0v) is 15.9. The average molecular weight is 322 g/mol.